The number of aromatic nitrogens is 4. The molecule has 9 nitrogen and oxygen atoms in total. The minimum absolute atomic E-state index is 0.221. The molecule has 2 aromatic rings. The van der Waals surface area contributed by atoms with Gasteiger partial charge in [0.1, 0.15) is 30.2 Å². The molecule has 2 aliphatic heterocycles. The summed E-state index contributed by atoms with van der Waals surface area (Å²) in [6, 6.07) is 0. The van der Waals surface area contributed by atoms with Gasteiger partial charge in [0.25, 0.3) is 0 Å². The number of nitrogen functional groups attached to an aromatic ring is 1. The molecule has 4 rings (SSSR count). The Morgan fingerprint density at radius 2 is 2.00 bits per heavy atom. The van der Waals surface area contributed by atoms with E-state index in [0.29, 0.717) is 23.5 Å². The highest BCUT2D eigenvalue weighted by atomic mass is 16.8. The van der Waals surface area contributed by atoms with Crippen LogP contribution in [0.15, 0.2) is 12.7 Å². The van der Waals surface area contributed by atoms with Gasteiger partial charge in [0, 0.05) is 6.54 Å². The summed E-state index contributed by atoms with van der Waals surface area (Å²) in [5, 5.41) is 0. The lowest BCUT2D eigenvalue weighted by molar-refractivity contribution is -0.195. The van der Waals surface area contributed by atoms with Gasteiger partial charge in [-0.2, -0.15) is 0 Å². The second kappa shape index (κ2) is 4.59. The number of fused-ring (bicyclic) bond motifs is 2. The van der Waals surface area contributed by atoms with Crippen LogP contribution >= 0.6 is 0 Å². The molecule has 9 heteroatoms. The molecular weight excluding hydrogens is 288 g/mol. The second-order valence-electron chi connectivity index (χ2n) is 5.95. The maximum absolute atomic E-state index is 6.01. The fraction of sp³-hybridized carbons (Fsp3) is 0.615. The minimum Gasteiger partial charge on any atom is -0.382 e. The number of anilines is 1. The smallest absolute Gasteiger partial charge is 0.167 e. The first-order chi connectivity index (χ1) is 10.5. The van der Waals surface area contributed by atoms with Crippen LogP contribution < -0.4 is 11.5 Å². The molecule has 2 aliphatic rings. The SMILES string of the molecule is CC1(C)O[C@H]2[C@H](O1)[C@@H](CN)O[C@H]2n1cnc2c(N)ncnc21. The van der Waals surface area contributed by atoms with E-state index in [-0.39, 0.29) is 18.3 Å². The lowest BCUT2D eigenvalue weighted by atomic mass is 10.1. The van der Waals surface area contributed by atoms with Crippen LogP contribution in [0.5, 0.6) is 0 Å². The molecule has 0 aromatic carbocycles. The molecule has 0 unspecified atom stereocenters. The number of ether oxygens (including phenoxy) is 3. The first-order valence-electron chi connectivity index (χ1n) is 7.14. The Labute approximate surface area is 126 Å². The zero-order valence-corrected chi connectivity index (χ0v) is 12.3. The molecule has 4 heterocycles. The van der Waals surface area contributed by atoms with Crippen molar-refractivity contribution in [1.29, 1.82) is 0 Å². The van der Waals surface area contributed by atoms with Gasteiger partial charge in [-0.05, 0) is 13.8 Å². The fourth-order valence-electron chi connectivity index (χ4n) is 3.13. The van der Waals surface area contributed by atoms with Gasteiger partial charge in [0.05, 0.1) is 6.33 Å². The molecule has 0 bridgehead atoms. The Balaban J connectivity index is 1.77. The van der Waals surface area contributed by atoms with Crippen LogP contribution in [0.2, 0.25) is 0 Å². The van der Waals surface area contributed by atoms with Crippen molar-refractivity contribution in [2.24, 2.45) is 5.73 Å². The summed E-state index contributed by atoms with van der Waals surface area (Å²) in [5.74, 6) is -0.340. The van der Waals surface area contributed by atoms with E-state index in [1.807, 2.05) is 13.8 Å². The maximum Gasteiger partial charge on any atom is 0.167 e. The highest BCUT2D eigenvalue weighted by Gasteiger charge is 2.55. The maximum atomic E-state index is 6.01. The van der Waals surface area contributed by atoms with Crippen molar-refractivity contribution < 1.29 is 14.2 Å². The fourth-order valence-corrected chi connectivity index (χ4v) is 3.13. The summed E-state index contributed by atoms with van der Waals surface area (Å²) in [6.45, 7) is 4.10. The van der Waals surface area contributed by atoms with Crippen molar-refractivity contribution in [3.05, 3.63) is 12.7 Å². The van der Waals surface area contributed by atoms with Gasteiger partial charge in [0.2, 0.25) is 0 Å². The monoisotopic (exact) mass is 306 g/mol. The first-order valence-corrected chi connectivity index (χ1v) is 7.14. The van der Waals surface area contributed by atoms with Crippen LogP contribution in [-0.4, -0.2) is 50.2 Å². The van der Waals surface area contributed by atoms with Crippen LogP contribution in [0.1, 0.15) is 20.1 Å². The number of rotatable bonds is 2. The van der Waals surface area contributed by atoms with Crippen LogP contribution in [0, 0.1) is 0 Å². The summed E-state index contributed by atoms with van der Waals surface area (Å²) < 4.78 is 19.7. The van der Waals surface area contributed by atoms with Crippen LogP contribution in [-0.2, 0) is 14.2 Å². The molecule has 4 atom stereocenters. The van der Waals surface area contributed by atoms with E-state index >= 15 is 0 Å². The minimum atomic E-state index is -0.671. The number of hydrogen-bond acceptors (Lipinski definition) is 8. The van der Waals surface area contributed by atoms with Crippen molar-refractivity contribution >= 4 is 17.0 Å². The van der Waals surface area contributed by atoms with E-state index in [1.165, 1.54) is 6.33 Å². The van der Waals surface area contributed by atoms with Gasteiger partial charge < -0.3 is 25.7 Å². The van der Waals surface area contributed by atoms with Gasteiger partial charge in [-0.15, -0.1) is 0 Å². The van der Waals surface area contributed by atoms with E-state index < -0.39 is 12.0 Å². The Bertz CT molecular complexity index is 717. The molecule has 4 N–H and O–H groups in total. The highest BCUT2D eigenvalue weighted by molar-refractivity contribution is 5.81. The van der Waals surface area contributed by atoms with E-state index in [1.54, 1.807) is 10.9 Å². The molecule has 22 heavy (non-hydrogen) atoms. The predicted molar refractivity (Wildman–Crippen MR) is 76.5 cm³/mol. The van der Waals surface area contributed by atoms with Crippen molar-refractivity contribution in [1.82, 2.24) is 19.5 Å². The number of imidazole rings is 1. The zero-order valence-electron chi connectivity index (χ0n) is 12.3. The van der Waals surface area contributed by atoms with Gasteiger partial charge in [-0.25, -0.2) is 15.0 Å². The Kier molecular flexibility index (Phi) is 2.89. The van der Waals surface area contributed by atoms with Gasteiger partial charge >= 0.3 is 0 Å². The van der Waals surface area contributed by atoms with Gasteiger partial charge in [-0.1, -0.05) is 0 Å². The molecule has 2 fully saturated rings. The third-order valence-electron chi connectivity index (χ3n) is 4.02. The third kappa shape index (κ3) is 1.90. The van der Waals surface area contributed by atoms with Crippen molar-refractivity contribution in [3.8, 4) is 0 Å². The lowest BCUT2D eigenvalue weighted by Crippen LogP contribution is -2.34. The van der Waals surface area contributed by atoms with E-state index in [9.17, 15) is 0 Å². The molecule has 0 spiro atoms. The van der Waals surface area contributed by atoms with Crippen molar-refractivity contribution in [3.63, 3.8) is 0 Å². The Hall–Kier alpha value is -1.81. The van der Waals surface area contributed by atoms with E-state index in [2.05, 4.69) is 15.0 Å². The predicted octanol–water partition coefficient (Wildman–Crippen LogP) is -0.215. The Morgan fingerprint density at radius 1 is 1.23 bits per heavy atom. The number of nitrogens with two attached hydrogens (primary N) is 2. The number of nitrogens with zero attached hydrogens (tertiary/aromatic N) is 4. The van der Waals surface area contributed by atoms with E-state index in [0.717, 1.165) is 0 Å². The molecular formula is C13H18N6O3. The molecule has 0 aliphatic carbocycles. The van der Waals surface area contributed by atoms with Crippen LogP contribution in [0.4, 0.5) is 5.82 Å². The van der Waals surface area contributed by atoms with E-state index in [4.69, 9.17) is 25.7 Å². The summed E-state index contributed by atoms with van der Waals surface area (Å²) in [4.78, 5) is 12.5. The molecule has 2 saturated heterocycles. The normalized spacial score (nSPS) is 33.4. The van der Waals surface area contributed by atoms with Crippen LogP contribution in [0.25, 0.3) is 11.2 Å². The van der Waals surface area contributed by atoms with Gasteiger partial charge in [0.15, 0.2) is 23.5 Å². The molecule has 0 saturated carbocycles. The topological polar surface area (TPSA) is 123 Å². The Morgan fingerprint density at radius 3 is 2.77 bits per heavy atom. The lowest BCUT2D eigenvalue weighted by Gasteiger charge is -2.24. The summed E-state index contributed by atoms with van der Waals surface area (Å²) in [5.41, 5.74) is 12.8. The summed E-state index contributed by atoms with van der Waals surface area (Å²) in [6.07, 6.45) is 1.87. The zero-order chi connectivity index (χ0) is 15.5. The first kappa shape index (κ1) is 13.8. The highest BCUT2D eigenvalue weighted by Crippen LogP contribution is 2.43. The molecule has 2 aromatic heterocycles. The second-order valence-corrected chi connectivity index (χ2v) is 5.95. The largest absolute Gasteiger partial charge is 0.382 e. The quantitative estimate of drug-likeness (QED) is 0.781. The summed E-state index contributed by atoms with van der Waals surface area (Å²) >= 11 is 0. The summed E-state index contributed by atoms with van der Waals surface area (Å²) in [7, 11) is 0. The standard InChI is InChI=1S/C13H18N6O3/c1-13(2)21-8-6(3-14)20-12(9(8)22-13)19-5-18-7-10(15)16-4-17-11(7)19/h4-6,8-9,12H,3,14H2,1-2H3,(H2,15,16,17)/t6-,8-,9+,12-/m1/s1. The average Bonchev–Trinajstić information content (AvgIpc) is 3.10. The van der Waals surface area contributed by atoms with Crippen molar-refractivity contribution in [2.45, 2.75) is 44.2 Å². The average molecular weight is 306 g/mol. The molecule has 118 valence electrons. The molecule has 0 amide bonds. The van der Waals surface area contributed by atoms with Crippen molar-refractivity contribution in [2.75, 3.05) is 12.3 Å². The third-order valence-corrected chi connectivity index (χ3v) is 4.02. The van der Waals surface area contributed by atoms with Crippen LogP contribution in [0.3, 0.4) is 0 Å². The van der Waals surface area contributed by atoms with Gasteiger partial charge in [-0.3, -0.25) is 4.57 Å². The molecule has 0 radical (unpaired) electrons. The number of hydrogen-bond donors (Lipinski definition) is 2.